The molecule has 0 fully saturated rings. The lowest BCUT2D eigenvalue weighted by atomic mass is 9.91. The first-order valence-electron chi connectivity index (χ1n) is 19.8. The minimum absolute atomic E-state index is 0.904. The molecule has 0 spiro atoms. The van der Waals surface area contributed by atoms with Crippen LogP contribution in [0.2, 0.25) is 0 Å². The van der Waals surface area contributed by atoms with Crippen LogP contribution in [-0.2, 0) is 0 Å². The maximum Gasteiger partial charge on any atom is 0.143 e. The molecule has 0 atom stereocenters. The highest BCUT2D eigenvalue weighted by Gasteiger charge is 2.18. The lowest BCUT2D eigenvalue weighted by Gasteiger charge is -2.27. The van der Waals surface area contributed by atoms with E-state index in [1.54, 1.807) is 0 Å². The Balaban J connectivity index is 1.02. The lowest BCUT2D eigenvalue weighted by molar-refractivity contribution is 0.670. The Morgan fingerprint density at radius 3 is 1.67 bits per heavy atom. The van der Waals surface area contributed by atoms with Gasteiger partial charge in [0.2, 0.25) is 0 Å². The van der Waals surface area contributed by atoms with Crippen LogP contribution in [0, 0.1) is 0 Å². The largest absolute Gasteiger partial charge is 0.455 e. The number of rotatable bonds is 7. The van der Waals surface area contributed by atoms with Crippen molar-refractivity contribution < 1.29 is 4.42 Å². The Kier molecular flexibility index (Phi) is 8.19. The van der Waals surface area contributed by atoms with Crippen LogP contribution < -0.4 is 4.90 Å². The monoisotopic (exact) mass is 739 g/mol. The second-order valence-corrected chi connectivity index (χ2v) is 14.9. The molecule has 0 N–H and O–H groups in total. The second-order valence-electron chi connectivity index (χ2n) is 14.9. The predicted molar refractivity (Wildman–Crippen MR) is 245 cm³/mol. The molecule has 1 heterocycles. The molecule has 0 saturated carbocycles. The smallest absolute Gasteiger partial charge is 0.143 e. The molecule has 0 radical (unpaired) electrons. The van der Waals surface area contributed by atoms with E-state index in [1.165, 1.54) is 49.4 Å². The minimum Gasteiger partial charge on any atom is -0.455 e. The zero-order valence-corrected chi connectivity index (χ0v) is 31.7. The summed E-state index contributed by atoms with van der Waals surface area (Å²) in [7, 11) is 0. The van der Waals surface area contributed by atoms with Crippen molar-refractivity contribution in [2.45, 2.75) is 0 Å². The highest BCUT2D eigenvalue weighted by molar-refractivity contribution is 6.09. The molecule has 0 bridgehead atoms. The number of hydrogen-bond donors (Lipinski definition) is 0. The number of fused-ring (bicyclic) bond motifs is 5. The average Bonchev–Trinajstić information content (AvgIpc) is 3.69. The summed E-state index contributed by atoms with van der Waals surface area (Å²) in [6, 6.07) is 80.7. The molecule has 2 heteroatoms. The molecule has 2 nitrogen and oxygen atoms in total. The van der Waals surface area contributed by atoms with E-state index in [0.29, 0.717) is 0 Å². The Morgan fingerprint density at radius 1 is 0.276 bits per heavy atom. The van der Waals surface area contributed by atoms with E-state index in [0.717, 1.165) is 55.7 Å². The van der Waals surface area contributed by atoms with Crippen molar-refractivity contribution in [2.24, 2.45) is 0 Å². The van der Waals surface area contributed by atoms with E-state index < -0.39 is 0 Å². The molecule has 0 aliphatic rings. The van der Waals surface area contributed by atoms with Gasteiger partial charge in [0.05, 0.1) is 0 Å². The summed E-state index contributed by atoms with van der Waals surface area (Å²) in [6.07, 6.45) is 0. The van der Waals surface area contributed by atoms with E-state index in [-0.39, 0.29) is 0 Å². The molecule has 11 rings (SSSR count). The van der Waals surface area contributed by atoms with Crippen molar-refractivity contribution in [2.75, 3.05) is 4.90 Å². The van der Waals surface area contributed by atoms with E-state index >= 15 is 0 Å². The molecule has 0 unspecified atom stereocenters. The maximum absolute atomic E-state index is 6.44. The van der Waals surface area contributed by atoms with Crippen molar-refractivity contribution in [1.29, 1.82) is 0 Å². The van der Waals surface area contributed by atoms with Crippen LogP contribution in [0.25, 0.3) is 88.0 Å². The van der Waals surface area contributed by atoms with Crippen LogP contribution in [0.4, 0.5) is 17.1 Å². The number of anilines is 3. The SMILES string of the molecule is c1cc(-c2ccccc2-c2cccc3ccccc23)cc(N(c2ccc(-c3ccc4ccccc4c3)cc2)c2ccc(-c3cccc4c3oc3ccccc34)cc2)c1. The summed E-state index contributed by atoms with van der Waals surface area (Å²) >= 11 is 0. The zero-order valence-electron chi connectivity index (χ0n) is 31.7. The average molecular weight is 740 g/mol. The van der Waals surface area contributed by atoms with Gasteiger partial charge in [0.1, 0.15) is 11.2 Å². The second kappa shape index (κ2) is 14.1. The van der Waals surface area contributed by atoms with Crippen molar-refractivity contribution >= 4 is 60.5 Å². The van der Waals surface area contributed by atoms with Crippen LogP contribution in [0.3, 0.4) is 0 Å². The Morgan fingerprint density at radius 2 is 0.845 bits per heavy atom. The molecule has 1 aromatic heterocycles. The van der Waals surface area contributed by atoms with Gasteiger partial charge >= 0.3 is 0 Å². The van der Waals surface area contributed by atoms with Gasteiger partial charge in [0.15, 0.2) is 0 Å². The van der Waals surface area contributed by atoms with E-state index in [4.69, 9.17) is 4.42 Å². The van der Waals surface area contributed by atoms with Crippen LogP contribution in [0.15, 0.2) is 229 Å². The Labute approximate surface area is 337 Å². The fourth-order valence-electron chi connectivity index (χ4n) is 8.63. The number of furan rings is 1. The van der Waals surface area contributed by atoms with Gasteiger partial charge in [-0.25, -0.2) is 0 Å². The summed E-state index contributed by atoms with van der Waals surface area (Å²) in [4.78, 5) is 2.36. The number of para-hydroxylation sites is 2. The van der Waals surface area contributed by atoms with Gasteiger partial charge in [-0.15, -0.1) is 0 Å². The van der Waals surface area contributed by atoms with Crippen LogP contribution in [-0.4, -0.2) is 0 Å². The highest BCUT2D eigenvalue weighted by Crippen LogP contribution is 2.42. The van der Waals surface area contributed by atoms with Crippen molar-refractivity contribution in [3.05, 3.63) is 224 Å². The number of benzene rings is 10. The summed E-state index contributed by atoms with van der Waals surface area (Å²) in [6.45, 7) is 0. The van der Waals surface area contributed by atoms with Crippen molar-refractivity contribution in [3.8, 4) is 44.5 Å². The van der Waals surface area contributed by atoms with Gasteiger partial charge in [0, 0.05) is 33.4 Å². The summed E-state index contributed by atoms with van der Waals surface area (Å²) < 4.78 is 6.44. The molecule has 272 valence electrons. The first kappa shape index (κ1) is 33.6. The van der Waals surface area contributed by atoms with Crippen LogP contribution in [0.5, 0.6) is 0 Å². The third-order valence-electron chi connectivity index (χ3n) is 11.5. The fraction of sp³-hybridized carbons (Fsp3) is 0. The first-order valence-corrected chi connectivity index (χ1v) is 19.8. The molecular weight excluding hydrogens is 703 g/mol. The summed E-state index contributed by atoms with van der Waals surface area (Å²) in [5, 5.41) is 7.24. The maximum atomic E-state index is 6.44. The van der Waals surface area contributed by atoms with Gasteiger partial charge in [-0.05, 0) is 109 Å². The van der Waals surface area contributed by atoms with E-state index in [1.807, 2.05) is 12.1 Å². The first-order chi connectivity index (χ1) is 28.7. The van der Waals surface area contributed by atoms with Crippen molar-refractivity contribution in [3.63, 3.8) is 0 Å². The molecule has 10 aromatic carbocycles. The molecule has 0 aliphatic heterocycles. The molecule has 0 saturated heterocycles. The molecule has 0 aliphatic carbocycles. The Hall–Kier alpha value is -7.68. The van der Waals surface area contributed by atoms with Crippen LogP contribution in [0.1, 0.15) is 0 Å². The minimum atomic E-state index is 0.904. The fourth-order valence-corrected chi connectivity index (χ4v) is 8.63. The lowest BCUT2D eigenvalue weighted by Crippen LogP contribution is -2.10. The standard InChI is InChI=1S/C56H37NO/c1-2-14-42-36-43(27-26-38(42)12-1)39-28-32-45(33-29-39)57(46-34-30-41(31-35-46)50-22-11-24-54-53-21-7-8-25-55(53)58-56(50)54)47-17-9-16-44(37-47)49-19-5-6-20-51(49)52-23-10-15-40-13-3-4-18-48(40)52/h1-37H. The molecular formula is C56H37NO. The Bertz CT molecular complexity index is 3280. The third kappa shape index (κ3) is 5.91. The van der Waals surface area contributed by atoms with Crippen LogP contribution >= 0.6 is 0 Å². The molecule has 0 amide bonds. The number of hydrogen-bond acceptors (Lipinski definition) is 2. The molecule has 11 aromatic rings. The van der Waals surface area contributed by atoms with Gasteiger partial charge in [-0.2, -0.15) is 0 Å². The van der Waals surface area contributed by atoms with Gasteiger partial charge < -0.3 is 9.32 Å². The van der Waals surface area contributed by atoms with Crippen molar-refractivity contribution in [1.82, 2.24) is 0 Å². The zero-order chi connectivity index (χ0) is 38.4. The normalized spacial score (nSPS) is 11.4. The topological polar surface area (TPSA) is 16.4 Å². The van der Waals surface area contributed by atoms with Gasteiger partial charge in [-0.1, -0.05) is 176 Å². The quantitative estimate of drug-likeness (QED) is 0.162. The van der Waals surface area contributed by atoms with E-state index in [2.05, 4.69) is 217 Å². The predicted octanol–water partition coefficient (Wildman–Crippen LogP) is 16.0. The summed E-state index contributed by atoms with van der Waals surface area (Å²) in [5.74, 6) is 0. The number of nitrogens with zero attached hydrogens (tertiary/aromatic N) is 1. The molecule has 58 heavy (non-hydrogen) atoms. The third-order valence-corrected chi connectivity index (χ3v) is 11.5. The highest BCUT2D eigenvalue weighted by atomic mass is 16.3. The van der Waals surface area contributed by atoms with Gasteiger partial charge in [0.25, 0.3) is 0 Å². The summed E-state index contributed by atoms with van der Waals surface area (Å²) in [5.41, 5.74) is 14.4. The van der Waals surface area contributed by atoms with Gasteiger partial charge in [-0.3, -0.25) is 0 Å². The van der Waals surface area contributed by atoms with E-state index in [9.17, 15) is 0 Å².